The topological polar surface area (TPSA) is 49.8 Å². The quantitative estimate of drug-likeness (QED) is 0.743. The molecular formula is C16H25NO3. The standard InChI is InChI=1S/C16H25NO3/c1-13-7-8-15(14(2)11-13)20-12-16(19)17(3)9-5-4-6-10-18/h7-8,11,18H,4-6,9-10,12H2,1-3H3. The third-order valence-corrected chi connectivity index (χ3v) is 3.26. The van der Waals surface area contributed by atoms with E-state index in [4.69, 9.17) is 9.84 Å². The van der Waals surface area contributed by atoms with Crippen molar-refractivity contribution in [3.8, 4) is 5.75 Å². The molecule has 0 saturated carbocycles. The number of unbranched alkanes of at least 4 members (excludes halogenated alkanes) is 2. The van der Waals surface area contributed by atoms with E-state index in [1.165, 1.54) is 5.56 Å². The molecule has 0 saturated heterocycles. The maximum atomic E-state index is 11.9. The number of aliphatic hydroxyl groups excluding tert-OH is 1. The lowest BCUT2D eigenvalue weighted by Gasteiger charge is -2.18. The molecule has 112 valence electrons. The molecule has 1 N–H and O–H groups in total. The summed E-state index contributed by atoms with van der Waals surface area (Å²) in [5.74, 6) is 0.742. The number of aliphatic hydroxyl groups is 1. The number of hydrogen-bond donors (Lipinski definition) is 1. The highest BCUT2D eigenvalue weighted by Gasteiger charge is 2.10. The molecule has 1 aromatic carbocycles. The van der Waals surface area contributed by atoms with Gasteiger partial charge in [0, 0.05) is 20.2 Å². The summed E-state index contributed by atoms with van der Waals surface area (Å²) in [6, 6.07) is 5.92. The minimum Gasteiger partial charge on any atom is -0.484 e. The number of benzene rings is 1. The van der Waals surface area contributed by atoms with Crippen molar-refractivity contribution >= 4 is 5.91 Å². The Balaban J connectivity index is 2.34. The molecule has 1 amide bonds. The molecule has 0 heterocycles. The molecule has 0 aliphatic heterocycles. The smallest absolute Gasteiger partial charge is 0.260 e. The predicted octanol–water partition coefficient (Wildman–Crippen LogP) is 2.30. The molecule has 0 atom stereocenters. The van der Waals surface area contributed by atoms with Gasteiger partial charge < -0.3 is 14.7 Å². The van der Waals surface area contributed by atoms with Gasteiger partial charge in [0.15, 0.2) is 6.61 Å². The summed E-state index contributed by atoms with van der Waals surface area (Å²) < 4.78 is 5.57. The first-order chi connectivity index (χ1) is 9.54. The third-order valence-electron chi connectivity index (χ3n) is 3.26. The first kappa shape index (κ1) is 16.5. The highest BCUT2D eigenvalue weighted by molar-refractivity contribution is 5.77. The Bertz CT molecular complexity index is 432. The van der Waals surface area contributed by atoms with Crippen LogP contribution in [-0.2, 0) is 4.79 Å². The lowest BCUT2D eigenvalue weighted by molar-refractivity contribution is -0.132. The second-order valence-corrected chi connectivity index (χ2v) is 5.16. The first-order valence-corrected chi connectivity index (χ1v) is 7.09. The van der Waals surface area contributed by atoms with E-state index in [1.807, 2.05) is 32.0 Å². The van der Waals surface area contributed by atoms with E-state index < -0.39 is 0 Å². The van der Waals surface area contributed by atoms with Gasteiger partial charge >= 0.3 is 0 Å². The summed E-state index contributed by atoms with van der Waals surface area (Å²) in [7, 11) is 1.78. The van der Waals surface area contributed by atoms with E-state index in [0.717, 1.165) is 30.6 Å². The van der Waals surface area contributed by atoms with Crippen LogP contribution in [0.15, 0.2) is 18.2 Å². The van der Waals surface area contributed by atoms with Crippen molar-refractivity contribution in [1.82, 2.24) is 4.90 Å². The van der Waals surface area contributed by atoms with Gasteiger partial charge in [-0.1, -0.05) is 17.7 Å². The molecule has 1 aromatic rings. The molecule has 0 unspecified atom stereocenters. The lowest BCUT2D eigenvalue weighted by Crippen LogP contribution is -2.32. The molecule has 1 rings (SSSR count). The summed E-state index contributed by atoms with van der Waals surface area (Å²) in [4.78, 5) is 13.6. The molecule has 0 radical (unpaired) electrons. The van der Waals surface area contributed by atoms with Gasteiger partial charge in [0.2, 0.25) is 0 Å². The van der Waals surface area contributed by atoms with Gasteiger partial charge in [-0.15, -0.1) is 0 Å². The van der Waals surface area contributed by atoms with Crippen molar-refractivity contribution in [2.75, 3.05) is 26.8 Å². The third kappa shape index (κ3) is 5.61. The van der Waals surface area contributed by atoms with Gasteiger partial charge in [0.05, 0.1) is 0 Å². The monoisotopic (exact) mass is 279 g/mol. The van der Waals surface area contributed by atoms with Gasteiger partial charge in [-0.05, 0) is 44.7 Å². The van der Waals surface area contributed by atoms with Crippen molar-refractivity contribution in [3.63, 3.8) is 0 Å². The molecule has 0 spiro atoms. The van der Waals surface area contributed by atoms with Crippen LogP contribution in [0.1, 0.15) is 30.4 Å². The number of hydrogen-bond acceptors (Lipinski definition) is 3. The number of aryl methyl sites for hydroxylation is 2. The second kappa shape index (κ2) is 8.59. The number of ether oxygens (including phenoxy) is 1. The number of rotatable bonds is 8. The molecule has 0 aromatic heterocycles. The van der Waals surface area contributed by atoms with Crippen LogP contribution in [0.3, 0.4) is 0 Å². The van der Waals surface area contributed by atoms with E-state index >= 15 is 0 Å². The predicted molar refractivity (Wildman–Crippen MR) is 80.0 cm³/mol. The van der Waals surface area contributed by atoms with Crippen molar-refractivity contribution in [2.45, 2.75) is 33.1 Å². The summed E-state index contributed by atoms with van der Waals surface area (Å²) in [5.41, 5.74) is 2.23. The number of carbonyl (C=O) groups excluding carboxylic acids is 1. The fourth-order valence-electron chi connectivity index (χ4n) is 1.97. The van der Waals surface area contributed by atoms with Crippen molar-refractivity contribution in [1.29, 1.82) is 0 Å². The lowest BCUT2D eigenvalue weighted by atomic mass is 10.1. The van der Waals surface area contributed by atoms with Gasteiger partial charge in [-0.2, -0.15) is 0 Å². The maximum absolute atomic E-state index is 11.9. The zero-order valence-electron chi connectivity index (χ0n) is 12.7. The summed E-state index contributed by atoms with van der Waals surface area (Å²) in [6.07, 6.45) is 2.64. The van der Waals surface area contributed by atoms with Crippen molar-refractivity contribution in [2.24, 2.45) is 0 Å². The van der Waals surface area contributed by atoms with Crippen molar-refractivity contribution in [3.05, 3.63) is 29.3 Å². The highest BCUT2D eigenvalue weighted by Crippen LogP contribution is 2.18. The maximum Gasteiger partial charge on any atom is 0.260 e. The SMILES string of the molecule is Cc1ccc(OCC(=O)N(C)CCCCCO)c(C)c1. The van der Waals surface area contributed by atoms with E-state index in [2.05, 4.69) is 0 Å². The van der Waals surface area contributed by atoms with Crippen LogP contribution < -0.4 is 4.74 Å². The van der Waals surface area contributed by atoms with Crippen molar-refractivity contribution < 1.29 is 14.6 Å². The van der Waals surface area contributed by atoms with Crippen LogP contribution >= 0.6 is 0 Å². The highest BCUT2D eigenvalue weighted by atomic mass is 16.5. The molecular weight excluding hydrogens is 254 g/mol. The Hall–Kier alpha value is -1.55. The summed E-state index contributed by atoms with van der Waals surface area (Å²) in [5, 5.41) is 8.70. The van der Waals surface area contributed by atoms with Crippen LogP contribution in [0.25, 0.3) is 0 Å². The molecule has 20 heavy (non-hydrogen) atoms. The molecule has 4 nitrogen and oxygen atoms in total. The van der Waals surface area contributed by atoms with E-state index in [1.54, 1.807) is 11.9 Å². The second-order valence-electron chi connectivity index (χ2n) is 5.16. The van der Waals surface area contributed by atoms with Gasteiger partial charge in [0.1, 0.15) is 5.75 Å². The summed E-state index contributed by atoms with van der Waals surface area (Å²) in [6.45, 7) is 5.00. The molecule has 0 bridgehead atoms. The van der Waals surface area contributed by atoms with Gasteiger partial charge in [-0.3, -0.25) is 4.79 Å². The first-order valence-electron chi connectivity index (χ1n) is 7.09. The Labute approximate surface area is 121 Å². The molecule has 0 fully saturated rings. The normalized spacial score (nSPS) is 10.4. The number of amides is 1. The Morgan fingerprint density at radius 3 is 2.65 bits per heavy atom. The number of carbonyl (C=O) groups is 1. The zero-order valence-corrected chi connectivity index (χ0v) is 12.7. The Morgan fingerprint density at radius 1 is 1.25 bits per heavy atom. The minimum atomic E-state index is -0.0195. The van der Waals surface area contributed by atoms with Crippen LogP contribution in [-0.4, -0.2) is 42.7 Å². The molecule has 0 aliphatic rings. The van der Waals surface area contributed by atoms with Crippen LogP contribution in [0.2, 0.25) is 0 Å². The Morgan fingerprint density at radius 2 is 2.00 bits per heavy atom. The van der Waals surface area contributed by atoms with Crippen LogP contribution in [0.4, 0.5) is 0 Å². The average molecular weight is 279 g/mol. The fraction of sp³-hybridized carbons (Fsp3) is 0.562. The molecule has 0 aliphatic carbocycles. The molecule has 4 heteroatoms. The van der Waals surface area contributed by atoms with Gasteiger partial charge in [0.25, 0.3) is 5.91 Å². The summed E-state index contributed by atoms with van der Waals surface area (Å²) >= 11 is 0. The van der Waals surface area contributed by atoms with Crippen LogP contribution in [0.5, 0.6) is 5.75 Å². The fourth-order valence-corrected chi connectivity index (χ4v) is 1.97. The van der Waals surface area contributed by atoms with Gasteiger partial charge in [-0.25, -0.2) is 0 Å². The average Bonchev–Trinajstić information content (AvgIpc) is 2.42. The van der Waals surface area contributed by atoms with Crippen LogP contribution in [0, 0.1) is 13.8 Å². The number of nitrogens with zero attached hydrogens (tertiary/aromatic N) is 1. The van der Waals surface area contributed by atoms with E-state index in [0.29, 0.717) is 6.54 Å². The Kier molecular flexibility index (Phi) is 7.09. The van der Waals surface area contributed by atoms with E-state index in [9.17, 15) is 4.79 Å². The zero-order chi connectivity index (χ0) is 15.0. The minimum absolute atomic E-state index is 0.0195. The van der Waals surface area contributed by atoms with E-state index in [-0.39, 0.29) is 19.1 Å². The largest absolute Gasteiger partial charge is 0.484 e. The number of likely N-dealkylation sites (N-methyl/N-ethyl adjacent to an activating group) is 1.